The summed E-state index contributed by atoms with van der Waals surface area (Å²) in [7, 11) is 1.80. The van der Waals surface area contributed by atoms with Crippen LogP contribution in [0.5, 0.6) is 0 Å². The van der Waals surface area contributed by atoms with Crippen LogP contribution in [-0.2, 0) is 21.4 Å². The molecule has 0 aliphatic heterocycles. The number of aromatic nitrogens is 2. The van der Waals surface area contributed by atoms with Crippen molar-refractivity contribution in [2.24, 2.45) is 12.0 Å². The van der Waals surface area contributed by atoms with Crippen LogP contribution in [0.15, 0.2) is 33.8 Å². The molecule has 11 heteroatoms. The van der Waals surface area contributed by atoms with Crippen molar-refractivity contribution in [2.45, 2.75) is 13.8 Å². The SMILES string of the molecule is CCOC(=O)c1ccc2c(c1)sc(=NC(=O)CSCC(=O)Nc1cc(C)on1)n2C. The molecule has 0 aliphatic rings. The Hall–Kier alpha value is -2.92. The monoisotopic (exact) mass is 448 g/mol. The Bertz CT molecular complexity index is 1160. The highest BCUT2D eigenvalue weighted by Crippen LogP contribution is 2.19. The van der Waals surface area contributed by atoms with Gasteiger partial charge in [0, 0.05) is 13.1 Å². The maximum atomic E-state index is 12.2. The Labute approximate surface area is 180 Å². The van der Waals surface area contributed by atoms with Gasteiger partial charge in [-0.1, -0.05) is 16.5 Å². The number of thiazole rings is 1. The van der Waals surface area contributed by atoms with E-state index in [2.05, 4.69) is 15.5 Å². The zero-order chi connectivity index (χ0) is 21.7. The van der Waals surface area contributed by atoms with Gasteiger partial charge in [-0.15, -0.1) is 11.8 Å². The lowest BCUT2D eigenvalue weighted by atomic mass is 10.2. The number of hydrogen-bond donors (Lipinski definition) is 1. The first-order chi connectivity index (χ1) is 14.4. The molecular weight excluding hydrogens is 428 g/mol. The molecule has 3 rings (SSSR count). The number of anilines is 1. The van der Waals surface area contributed by atoms with Gasteiger partial charge in [-0.2, -0.15) is 4.99 Å². The van der Waals surface area contributed by atoms with Gasteiger partial charge >= 0.3 is 5.97 Å². The number of ether oxygens (including phenoxy) is 1. The van der Waals surface area contributed by atoms with Crippen LogP contribution in [0, 0.1) is 6.92 Å². The Morgan fingerprint density at radius 3 is 2.80 bits per heavy atom. The number of benzene rings is 1. The van der Waals surface area contributed by atoms with Gasteiger partial charge in [0.25, 0.3) is 5.91 Å². The van der Waals surface area contributed by atoms with Crippen molar-refractivity contribution < 1.29 is 23.6 Å². The van der Waals surface area contributed by atoms with E-state index in [1.807, 2.05) is 0 Å². The molecule has 1 aromatic carbocycles. The molecular formula is C19H20N4O5S2. The highest BCUT2D eigenvalue weighted by Gasteiger charge is 2.12. The van der Waals surface area contributed by atoms with E-state index in [0.29, 0.717) is 28.5 Å². The molecule has 158 valence electrons. The van der Waals surface area contributed by atoms with Crippen LogP contribution in [0.1, 0.15) is 23.0 Å². The summed E-state index contributed by atoms with van der Waals surface area (Å²) in [6.07, 6.45) is 0. The number of carbonyl (C=O) groups is 3. The molecule has 0 saturated carbocycles. The first-order valence-electron chi connectivity index (χ1n) is 9.02. The Morgan fingerprint density at radius 1 is 1.30 bits per heavy atom. The minimum atomic E-state index is -0.388. The van der Waals surface area contributed by atoms with E-state index < -0.39 is 0 Å². The summed E-state index contributed by atoms with van der Waals surface area (Å²) in [5.74, 6) is 0.0757. The Morgan fingerprint density at radius 2 is 2.10 bits per heavy atom. The summed E-state index contributed by atoms with van der Waals surface area (Å²) in [6, 6.07) is 6.82. The smallest absolute Gasteiger partial charge is 0.338 e. The summed E-state index contributed by atoms with van der Waals surface area (Å²) in [5, 5.41) is 6.27. The lowest BCUT2D eigenvalue weighted by Crippen LogP contribution is -2.17. The fourth-order valence-corrected chi connectivity index (χ4v) is 4.23. The fraction of sp³-hybridized carbons (Fsp3) is 0.316. The standard InChI is InChI=1S/C19H20N4O5S2/c1-4-27-18(26)12-5-6-13-14(8-12)30-19(23(13)3)21-17(25)10-29-9-16(24)20-15-7-11(2)28-22-15/h5-8H,4,9-10H2,1-3H3,(H,20,22,24). The summed E-state index contributed by atoms with van der Waals surface area (Å²) >= 11 is 2.47. The van der Waals surface area contributed by atoms with Gasteiger partial charge in [0.2, 0.25) is 5.91 Å². The Balaban J connectivity index is 1.62. The molecule has 0 fully saturated rings. The quantitative estimate of drug-likeness (QED) is 0.552. The van der Waals surface area contributed by atoms with E-state index in [9.17, 15) is 14.4 Å². The lowest BCUT2D eigenvalue weighted by molar-refractivity contribution is -0.115. The fourth-order valence-electron chi connectivity index (χ4n) is 2.56. The van der Waals surface area contributed by atoms with E-state index in [1.165, 1.54) is 11.3 Å². The third-order valence-electron chi connectivity index (χ3n) is 3.89. The molecule has 0 atom stereocenters. The van der Waals surface area contributed by atoms with Crippen molar-refractivity contribution >= 4 is 56.9 Å². The van der Waals surface area contributed by atoms with Gasteiger partial charge in [0.05, 0.1) is 33.9 Å². The zero-order valence-corrected chi connectivity index (χ0v) is 18.3. The number of esters is 1. The molecule has 2 amide bonds. The number of nitrogens with one attached hydrogen (secondary N) is 1. The number of fused-ring (bicyclic) bond motifs is 1. The van der Waals surface area contributed by atoms with Gasteiger partial charge in [0.15, 0.2) is 10.6 Å². The predicted octanol–water partition coefficient (Wildman–Crippen LogP) is 2.51. The molecule has 2 heterocycles. The minimum Gasteiger partial charge on any atom is -0.462 e. The lowest BCUT2D eigenvalue weighted by Gasteiger charge is -2.01. The normalized spacial score (nSPS) is 11.6. The number of carbonyl (C=O) groups excluding carboxylic acids is 3. The molecule has 9 nitrogen and oxygen atoms in total. The van der Waals surface area contributed by atoms with Crippen LogP contribution >= 0.6 is 23.1 Å². The second-order valence-electron chi connectivity index (χ2n) is 6.22. The number of rotatable bonds is 7. The van der Waals surface area contributed by atoms with Crippen molar-refractivity contribution in [1.82, 2.24) is 9.72 Å². The molecule has 0 bridgehead atoms. The van der Waals surface area contributed by atoms with Crippen molar-refractivity contribution in [2.75, 3.05) is 23.4 Å². The molecule has 0 aliphatic carbocycles. The van der Waals surface area contributed by atoms with Gasteiger partial charge in [0.1, 0.15) is 5.76 Å². The molecule has 0 radical (unpaired) electrons. The number of hydrogen-bond acceptors (Lipinski definition) is 8. The van der Waals surface area contributed by atoms with Crippen LogP contribution in [0.25, 0.3) is 10.2 Å². The number of thioether (sulfide) groups is 1. The number of nitrogens with zero attached hydrogens (tertiary/aromatic N) is 3. The molecule has 30 heavy (non-hydrogen) atoms. The average Bonchev–Trinajstić information content (AvgIpc) is 3.24. The largest absolute Gasteiger partial charge is 0.462 e. The van der Waals surface area contributed by atoms with Crippen molar-refractivity contribution in [1.29, 1.82) is 0 Å². The second-order valence-corrected chi connectivity index (χ2v) is 8.21. The van der Waals surface area contributed by atoms with Crippen molar-refractivity contribution in [3.05, 3.63) is 40.4 Å². The van der Waals surface area contributed by atoms with Gasteiger partial charge < -0.3 is 19.1 Å². The molecule has 3 aromatic rings. The highest BCUT2D eigenvalue weighted by molar-refractivity contribution is 8.00. The topological polar surface area (TPSA) is 116 Å². The predicted molar refractivity (Wildman–Crippen MR) is 115 cm³/mol. The first-order valence-corrected chi connectivity index (χ1v) is 11.0. The Kier molecular flexibility index (Phi) is 7.06. The van der Waals surface area contributed by atoms with E-state index in [0.717, 1.165) is 22.0 Å². The van der Waals surface area contributed by atoms with Crippen LogP contribution in [-0.4, -0.2) is 45.6 Å². The van der Waals surface area contributed by atoms with Crippen molar-refractivity contribution in [3.8, 4) is 0 Å². The summed E-state index contributed by atoms with van der Waals surface area (Å²) in [5.41, 5.74) is 1.31. The summed E-state index contributed by atoms with van der Waals surface area (Å²) in [4.78, 5) is 40.6. The molecule has 0 unspecified atom stereocenters. The third-order valence-corrected chi connectivity index (χ3v) is 5.91. The van der Waals surface area contributed by atoms with Gasteiger partial charge in [-0.05, 0) is 32.0 Å². The van der Waals surface area contributed by atoms with Crippen LogP contribution in [0.3, 0.4) is 0 Å². The maximum Gasteiger partial charge on any atom is 0.338 e. The molecule has 1 N–H and O–H groups in total. The molecule has 0 spiro atoms. The van der Waals surface area contributed by atoms with Gasteiger partial charge in [-0.25, -0.2) is 4.79 Å². The maximum absolute atomic E-state index is 12.2. The van der Waals surface area contributed by atoms with E-state index in [-0.39, 0.29) is 29.3 Å². The number of aryl methyl sites for hydroxylation is 2. The molecule has 0 saturated heterocycles. The second kappa shape index (κ2) is 9.72. The van der Waals surface area contributed by atoms with Crippen LogP contribution in [0.4, 0.5) is 5.82 Å². The minimum absolute atomic E-state index is 0.0631. The first kappa shape index (κ1) is 21.8. The summed E-state index contributed by atoms with van der Waals surface area (Å²) < 4.78 is 12.5. The van der Waals surface area contributed by atoms with E-state index in [1.54, 1.807) is 49.7 Å². The summed E-state index contributed by atoms with van der Waals surface area (Å²) in [6.45, 7) is 3.78. The van der Waals surface area contributed by atoms with E-state index in [4.69, 9.17) is 9.26 Å². The molecule has 2 aromatic heterocycles. The van der Waals surface area contributed by atoms with Crippen LogP contribution < -0.4 is 10.1 Å². The average molecular weight is 449 g/mol. The van der Waals surface area contributed by atoms with E-state index >= 15 is 0 Å². The third kappa shape index (κ3) is 5.36. The zero-order valence-electron chi connectivity index (χ0n) is 16.6. The highest BCUT2D eigenvalue weighted by atomic mass is 32.2. The van der Waals surface area contributed by atoms with Crippen molar-refractivity contribution in [3.63, 3.8) is 0 Å². The number of amides is 2. The van der Waals surface area contributed by atoms with Crippen LogP contribution in [0.2, 0.25) is 0 Å². The van der Waals surface area contributed by atoms with Gasteiger partial charge in [-0.3, -0.25) is 9.59 Å².